The van der Waals surface area contributed by atoms with Crippen LogP contribution in [0.1, 0.15) is 24.9 Å². The van der Waals surface area contributed by atoms with Gasteiger partial charge >= 0.3 is 0 Å². The average Bonchev–Trinajstić information content (AvgIpc) is 2.31. The normalized spacial score (nSPS) is 21.8. The second-order valence-electron chi connectivity index (χ2n) is 4.14. The number of carbonyl (C=O) groups is 1. The summed E-state index contributed by atoms with van der Waals surface area (Å²) in [5.41, 5.74) is 1.09. The molecule has 16 heavy (non-hydrogen) atoms. The Balaban J connectivity index is 2.23. The first-order valence-electron chi connectivity index (χ1n) is 5.89. The number of nitrogens with zero attached hydrogens (tertiary/aromatic N) is 1. The molecule has 0 unspecified atom stereocenters. The van der Waals surface area contributed by atoms with Crippen molar-refractivity contribution in [3.05, 3.63) is 35.9 Å². The summed E-state index contributed by atoms with van der Waals surface area (Å²) in [7, 11) is 0. The van der Waals surface area contributed by atoms with Crippen molar-refractivity contribution < 1.29 is 4.79 Å². The molecule has 1 atom stereocenters. The summed E-state index contributed by atoms with van der Waals surface area (Å²) in [6.45, 7) is 4.84. The fourth-order valence-corrected chi connectivity index (χ4v) is 2.24. The van der Waals surface area contributed by atoms with Crippen molar-refractivity contribution in [1.29, 1.82) is 0 Å². The number of rotatable bonds is 3. The topological polar surface area (TPSA) is 32.3 Å². The third kappa shape index (κ3) is 2.25. The van der Waals surface area contributed by atoms with Gasteiger partial charge in [-0.05, 0) is 18.5 Å². The molecule has 0 bridgehead atoms. The first-order valence-corrected chi connectivity index (χ1v) is 5.89. The molecular weight excluding hydrogens is 200 g/mol. The van der Waals surface area contributed by atoms with Gasteiger partial charge in [-0.2, -0.15) is 0 Å². The number of hydrogen-bond acceptors (Lipinski definition) is 2. The van der Waals surface area contributed by atoms with Gasteiger partial charge in [0.15, 0.2) is 0 Å². The van der Waals surface area contributed by atoms with Crippen LogP contribution in [0.4, 0.5) is 0 Å². The van der Waals surface area contributed by atoms with E-state index in [9.17, 15) is 4.79 Å². The lowest BCUT2D eigenvalue weighted by atomic mass is 10.0. The Morgan fingerprint density at radius 1 is 1.38 bits per heavy atom. The summed E-state index contributed by atoms with van der Waals surface area (Å²) >= 11 is 0. The van der Waals surface area contributed by atoms with Crippen LogP contribution in [-0.4, -0.2) is 30.4 Å². The highest BCUT2D eigenvalue weighted by molar-refractivity contribution is 5.83. The third-order valence-electron chi connectivity index (χ3n) is 2.94. The summed E-state index contributed by atoms with van der Waals surface area (Å²) < 4.78 is 0. The van der Waals surface area contributed by atoms with Gasteiger partial charge in [0.25, 0.3) is 0 Å². The van der Waals surface area contributed by atoms with Crippen LogP contribution < -0.4 is 5.32 Å². The molecule has 1 amide bonds. The lowest BCUT2D eigenvalue weighted by Gasteiger charge is -2.35. The molecule has 1 saturated heterocycles. The van der Waals surface area contributed by atoms with Crippen molar-refractivity contribution in [3.8, 4) is 0 Å². The first kappa shape index (κ1) is 11.1. The van der Waals surface area contributed by atoms with E-state index < -0.39 is 0 Å². The van der Waals surface area contributed by atoms with Crippen LogP contribution in [0.2, 0.25) is 0 Å². The molecule has 0 aromatic heterocycles. The summed E-state index contributed by atoms with van der Waals surface area (Å²) in [5.74, 6) is 0.130. The molecule has 3 nitrogen and oxygen atoms in total. The van der Waals surface area contributed by atoms with Crippen LogP contribution in [0.5, 0.6) is 0 Å². The average molecular weight is 218 g/mol. The highest BCUT2D eigenvalue weighted by Crippen LogP contribution is 2.22. The van der Waals surface area contributed by atoms with Crippen molar-refractivity contribution in [2.24, 2.45) is 0 Å². The summed E-state index contributed by atoms with van der Waals surface area (Å²) in [4.78, 5) is 14.2. The first-order chi connectivity index (χ1) is 7.83. The van der Waals surface area contributed by atoms with Crippen LogP contribution in [0.25, 0.3) is 0 Å². The maximum absolute atomic E-state index is 11.9. The molecule has 0 aliphatic carbocycles. The highest BCUT2D eigenvalue weighted by Gasteiger charge is 2.29. The Morgan fingerprint density at radius 3 is 2.81 bits per heavy atom. The minimum Gasteiger partial charge on any atom is -0.353 e. The molecular formula is C13H18N2O. The second kappa shape index (κ2) is 5.12. The van der Waals surface area contributed by atoms with E-state index in [1.54, 1.807) is 0 Å². The molecule has 86 valence electrons. The molecule has 1 aromatic carbocycles. The molecule has 1 N–H and O–H groups in total. The quantitative estimate of drug-likeness (QED) is 0.835. The number of nitrogens with one attached hydrogen (secondary N) is 1. The molecule has 0 radical (unpaired) electrons. The zero-order valence-electron chi connectivity index (χ0n) is 9.65. The van der Waals surface area contributed by atoms with E-state index in [-0.39, 0.29) is 11.9 Å². The van der Waals surface area contributed by atoms with E-state index >= 15 is 0 Å². The van der Waals surface area contributed by atoms with Gasteiger partial charge in [-0.3, -0.25) is 9.69 Å². The van der Waals surface area contributed by atoms with E-state index in [1.807, 2.05) is 30.3 Å². The number of hydrogen-bond donors (Lipinski definition) is 1. The Labute approximate surface area is 96.5 Å². The molecule has 0 saturated carbocycles. The molecule has 3 heteroatoms. The van der Waals surface area contributed by atoms with Gasteiger partial charge < -0.3 is 5.32 Å². The number of carbonyl (C=O) groups excluding carboxylic acids is 1. The lowest BCUT2D eigenvalue weighted by Crippen LogP contribution is -2.50. The standard InChI is InChI=1S/C13H18N2O/c1-2-9-15-10-8-14-13(16)12(15)11-6-4-3-5-7-11/h3-7,12H,2,8-10H2,1H3,(H,14,16)/t12-/m1/s1. The van der Waals surface area contributed by atoms with Gasteiger partial charge in [0.2, 0.25) is 5.91 Å². The fourth-order valence-electron chi connectivity index (χ4n) is 2.24. The Morgan fingerprint density at radius 2 is 2.12 bits per heavy atom. The SMILES string of the molecule is CCCN1CCNC(=O)[C@H]1c1ccccc1. The van der Waals surface area contributed by atoms with E-state index in [2.05, 4.69) is 17.1 Å². The van der Waals surface area contributed by atoms with Gasteiger partial charge in [0.05, 0.1) is 0 Å². The molecule has 0 spiro atoms. The number of amides is 1. The van der Waals surface area contributed by atoms with E-state index in [0.717, 1.165) is 31.6 Å². The van der Waals surface area contributed by atoms with Crippen molar-refractivity contribution in [2.45, 2.75) is 19.4 Å². The van der Waals surface area contributed by atoms with E-state index in [1.165, 1.54) is 0 Å². The molecule has 1 aromatic rings. The summed E-state index contributed by atoms with van der Waals surface area (Å²) in [6, 6.07) is 9.91. The highest BCUT2D eigenvalue weighted by atomic mass is 16.2. The molecule has 1 aliphatic rings. The zero-order valence-corrected chi connectivity index (χ0v) is 9.65. The van der Waals surface area contributed by atoms with E-state index in [0.29, 0.717) is 0 Å². The summed E-state index contributed by atoms with van der Waals surface area (Å²) in [5, 5.41) is 2.94. The maximum atomic E-state index is 11.9. The monoisotopic (exact) mass is 218 g/mol. The van der Waals surface area contributed by atoms with Gasteiger partial charge in [-0.1, -0.05) is 37.3 Å². The molecule has 1 aliphatic heterocycles. The molecule has 1 fully saturated rings. The van der Waals surface area contributed by atoms with Crippen molar-refractivity contribution in [2.75, 3.05) is 19.6 Å². The van der Waals surface area contributed by atoms with Crippen molar-refractivity contribution in [1.82, 2.24) is 10.2 Å². The van der Waals surface area contributed by atoms with Crippen LogP contribution in [0.15, 0.2) is 30.3 Å². The fraction of sp³-hybridized carbons (Fsp3) is 0.462. The Bertz CT molecular complexity index is 348. The van der Waals surface area contributed by atoms with Crippen molar-refractivity contribution in [3.63, 3.8) is 0 Å². The Hall–Kier alpha value is -1.35. The minimum absolute atomic E-state index is 0.102. The van der Waals surface area contributed by atoms with Crippen LogP contribution in [0.3, 0.4) is 0 Å². The molecule has 2 rings (SSSR count). The van der Waals surface area contributed by atoms with Gasteiger partial charge in [-0.25, -0.2) is 0 Å². The Kier molecular flexibility index (Phi) is 3.57. The minimum atomic E-state index is -0.102. The van der Waals surface area contributed by atoms with Gasteiger partial charge in [0, 0.05) is 13.1 Å². The predicted molar refractivity (Wildman–Crippen MR) is 64.1 cm³/mol. The lowest BCUT2D eigenvalue weighted by molar-refractivity contribution is -0.129. The number of benzene rings is 1. The maximum Gasteiger partial charge on any atom is 0.242 e. The molecule has 1 heterocycles. The van der Waals surface area contributed by atoms with E-state index in [4.69, 9.17) is 0 Å². The second-order valence-corrected chi connectivity index (χ2v) is 4.14. The summed E-state index contributed by atoms with van der Waals surface area (Å²) in [6.07, 6.45) is 1.08. The largest absolute Gasteiger partial charge is 0.353 e. The van der Waals surface area contributed by atoms with Gasteiger partial charge in [0.1, 0.15) is 6.04 Å². The number of piperazine rings is 1. The van der Waals surface area contributed by atoms with Crippen LogP contribution in [-0.2, 0) is 4.79 Å². The van der Waals surface area contributed by atoms with Crippen LogP contribution in [0, 0.1) is 0 Å². The smallest absolute Gasteiger partial charge is 0.242 e. The van der Waals surface area contributed by atoms with Crippen molar-refractivity contribution >= 4 is 5.91 Å². The van der Waals surface area contributed by atoms with Gasteiger partial charge in [-0.15, -0.1) is 0 Å². The van der Waals surface area contributed by atoms with Crippen LogP contribution >= 0.6 is 0 Å². The zero-order chi connectivity index (χ0) is 11.4. The third-order valence-corrected chi connectivity index (χ3v) is 2.94. The predicted octanol–water partition coefficient (Wildman–Crippen LogP) is 1.57.